The fourth-order valence-electron chi connectivity index (χ4n) is 2.79. The molecule has 2 N–H and O–H groups in total. The van der Waals surface area contributed by atoms with Crippen molar-refractivity contribution in [1.29, 1.82) is 0 Å². The van der Waals surface area contributed by atoms with Crippen LogP contribution in [0, 0.1) is 0 Å². The number of rotatable bonds is 8. The molecule has 0 saturated heterocycles. The monoisotopic (exact) mass is 403 g/mol. The third-order valence-electron chi connectivity index (χ3n) is 4.29. The standard InChI is InChI=1S/C21H20F3N3O2/c22-21(23,24)17-9-6-15(7-10-17)20-16(14-27-29-20)8-11-19(28)26-13-12-25-18-4-2-1-3-5-18/h1-7,9-10,14,25H,8,11-13H2,(H,26,28). The zero-order chi connectivity index (χ0) is 20.7. The summed E-state index contributed by atoms with van der Waals surface area (Å²) < 4.78 is 43.3. The molecule has 3 rings (SSSR count). The fraction of sp³-hybridized carbons (Fsp3) is 0.238. The van der Waals surface area contributed by atoms with Gasteiger partial charge in [-0.3, -0.25) is 4.79 Å². The Labute approximate surface area is 165 Å². The summed E-state index contributed by atoms with van der Waals surface area (Å²) in [5, 5.41) is 9.73. The molecule has 0 fully saturated rings. The van der Waals surface area contributed by atoms with Crippen LogP contribution in [0.2, 0.25) is 0 Å². The van der Waals surface area contributed by atoms with Gasteiger partial charge in [0.15, 0.2) is 5.76 Å². The highest BCUT2D eigenvalue weighted by Crippen LogP contribution is 2.32. The number of carbonyl (C=O) groups excluding carboxylic acids is 1. The van der Waals surface area contributed by atoms with Gasteiger partial charge in [-0.15, -0.1) is 0 Å². The lowest BCUT2D eigenvalue weighted by atomic mass is 10.0. The fourth-order valence-corrected chi connectivity index (χ4v) is 2.79. The van der Waals surface area contributed by atoms with Crippen molar-refractivity contribution >= 4 is 11.6 Å². The van der Waals surface area contributed by atoms with Crippen LogP contribution < -0.4 is 10.6 Å². The number of nitrogens with zero attached hydrogens (tertiary/aromatic N) is 1. The zero-order valence-electron chi connectivity index (χ0n) is 15.5. The Morgan fingerprint density at radius 1 is 1.00 bits per heavy atom. The zero-order valence-corrected chi connectivity index (χ0v) is 15.5. The lowest BCUT2D eigenvalue weighted by Crippen LogP contribution is -2.28. The average molecular weight is 403 g/mol. The second kappa shape index (κ2) is 9.27. The Morgan fingerprint density at radius 3 is 2.41 bits per heavy atom. The molecule has 0 radical (unpaired) electrons. The maximum atomic E-state index is 12.7. The largest absolute Gasteiger partial charge is 0.416 e. The molecule has 152 valence electrons. The number of para-hydroxylation sites is 1. The molecular weight excluding hydrogens is 383 g/mol. The van der Waals surface area contributed by atoms with Crippen LogP contribution in [-0.4, -0.2) is 24.2 Å². The van der Waals surface area contributed by atoms with Crippen LogP contribution in [0.15, 0.2) is 65.3 Å². The van der Waals surface area contributed by atoms with Crippen molar-refractivity contribution in [2.45, 2.75) is 19.0 Å². The van der Waals surface area contributed by atoms with Gasteiger partial charge in [-0.1, -0.05) is 35.5 Å². The van der Waals surface area contributed by atoms with Crippen LogP contribution in [0.25, 0.3) is 11.3 Å². The molecule has 1 heterocycles. The minimum atomic E-state index is -4.39. The molecule has 0 spiro atoms. The first-order valence-electron chi connectivity index (χ1n) is 9.10. The van der Waals surface area contributed by atoms with E-state index in [2.05, 4.69) is 15.8 Å². The lowest BCUT2D eigenvalue weighted by molar-refractivity contribution is -0.137. The van der Waals surface area contributed by atoms with Crippen molar-refractivity contribution in [1.82, 2.24) is 10.5 Å². The number of hydrogen-bond acceptors (Lipinski definition) is 4. The van der Waals surface area contributed by atoms with Gasteiger partial charge in [0.1, 0.15) is 0 Å². The summed E-state index contributed by atoms with van der Waals surface area (Å²) >= 11 is 0. The topological polar surface area (TPSA) is 67.2 Å². The molecule has 0 aliphatic carbocycles. The van der Waals surface area contributed by atoms with Gasteiger partial charge in [0.2, 0.25) is 5.91 Å². The number of benzene rings is 2. The van der Waals surface area contributed by atoms with Crippen molar-refractivity contribution in [3.63, 3.8) is 0 Å². The number of aryl methyl sites for hydroxylation is 1. The summed E-state index contributed by atoms with van der Waals surface area (Å²) in [5.74, 6) is 0.247. The number of carbonyl (C=O) groups is 1. The van der Waals surface area contributed by atoms with Gasteiger partial charge < -0.3 is 15.2 Å². The second-order valence-corrected chi connectivity index (χ2v) is 6.40. The molecule has 0 unspecified atom stereocenters. The van der Waals surface area contributed by atoms with E-state index in [1.807, 2.05) is 30.3 Å². The Bertz CT molecular complexity index is 922. The lowest BCUT2D eigenvalue weighted by Gasteiger charge is -2.08. The molecule has 5 nitrogen and oxygen atoms in total. The van der Waals surface area contributed by atoms with Gasteiger partial charge in [-0.25, -0.2) is 0 Å². The normalized spacial score (nSPS) is 11.3. The molecule has 29 heavy (non-hydrogen) atoms. The Kier molecular flexibility index (Phi) is 6.54. The smallest absolute Gasteiger partial charge is 0.383 e. The summed E-state index contributed by atoms with van der Waals surface area (Å²) in [6.07, 6.45) is -2.31. The summed E-state index contributed by atoms with van der Waals surface area (Å²) in [7, 11) is 0. The molecule has 3 aromatic rings. The van der Waals surface area contributed by atoms with Crippen LogP contribution >= 0.6 is 0 Å². The highest BCUT2D eigenvalue weighted by atomic mass is 19.4. The van der Waals surface area contributed by atoms with Crippen molar-refractivity contribution in [2.24, 2.45) is 0 Å². The van der Waals surface area contributed by atoms with Gasteiger partial charge >= 0.3 is 6.18 Å². The van der Waals surface area contributed by atoms with Crippen LogP contribution in [0.1, 0.15) is 17.5 Å². The van der Waals surface area contributed by atoms with E-state index in [-0.39, 0.29) is 12.3 Å². The number of halogens is 3. The molecule has 1 aromatic heterocycles. The van der Waals surface area contributed by atoms with E-state index >= 15 is 0 Å². The molecular formula is C21H20F3N3O2. The van der Waals surface area contributed by atoms with Crippen LogP contribution in [-0.2, 0) is 17.4 Å². The van der Waals surface area contributed by atoms with E-state index < -0.39 is 11.7 Å². The Morgan fingerprint density at radius 2 is 1.72 bits per heavy atom. The minimum Gasteiger partial charge on any atom is -0.383 e. The summed E-state index contributed by atoms with van der Waals surface area (Å²) in [6, 6.07) is 14.3. The predicted octanol–water partition coefficient (Wildman–Crippen LogP) is 4.52. The van der Waals surface area contributed by atoms with E-state index in [1.54, 1.807) is 0 Å². The van der Waals surface area contributed by atoms with Crippen LogP contribution in [0.5, 0.6) is 0 Å². The van der Waals surface area contributed by atoms with Gasteiger partial charge in [0.25, 0.3) is 0 Å². The van der Waals surface area contributed by atoms with Gasteiger partial charge in [0.05, 0.1) is 11.8 Å². The Balaban J connectivity index is 1.48. The molecule has 0 aliphatic heterocycles. The summed E-state index contributed by atoms with van der Waals surface area (Å²) in [5.41, 5.74) is 1.40. The number of alkyl halides is 3. The number of hydrogen-bond donors (Lipinski definition) is 2. The number of amides is 1. The predicted molar refractivity (Wildman–Crippen MR) is 103 cm³/mol. The average Bonchev–Trinajstić information content (AvgIpc) is 3.18. The van der Waals surface area contributed by atoms with Crippen molar-refractivity contribution in [2.75, 3.05) is 18.4 Å². The molecule has 0 bridgehead atoms. The van der Waals surface area contributed by atoms with E-state index in [1.165, 1.54) is 18.3 Å². The van der Waals surface area contributed by atoms with E-state index in [4.69, 9.17) is 4.52 Å². The minimum absolute atomic E-state index is 0.126. The van der Waals surface area contributed by atoms with E-state index in [9.17, 15) is 18.0 Å². The van der Waals surface area contributed by atoms with Gasteiger partial charge in [-0.2, -0.15) is 13.2 Å². The van der Waals surface area contributed by atoms with Crippen molar-refractivity contribution in [3.05, 3.63) is 71.9 Å². The first-order chi connectivity index (χ1) is 13.9. The third-order valence-corrected chi connectivity index (χ3v) is 4.29. The molecule has 2 aromatic carbocycles. The third kappa shape index (κ3) is 5.84. The first-order valence-corrected chi connectivity index (χ1v) is 9.10. The molecule has 0 aliphatic rings. The van der Waals surface area contributed by atoms with Gasteiger partial charge in [-0.05, 0) is 30.7 Å². The number of aromatic nitrogens is 1. The van der Waals surface area contributed by atoms with E-state index in [0.717, 1.165) is 17.8 Å². The molecule has 0 saturated carbocycles. The SMILES string of the molecule is O=C(CCc1cnoc1-c1ccc(C(F)(F)F)cc1)NCCNc1ccccc1. The highest BCUT2D eigenvalue weighted by molar-refractivity contribution is 5.76. The Hall–Kier alpha value is -3.29. The second-order valence-electron chi connectivity index (χ2n) is 6.40. The van der Waals surface area contributed by atoms with Gasteiger partial charge in [0, 0.05) is 36.3 Å². The first kappa shape index (κ1) is 20.4. The van der Waals surface area contributed by atoms with E-state index in [0.29, 0.717) is 36.4 Å². The van der Waals surface area contributed by atoms with Crippen molar-refractivity contribution in [3.8, 4) is 11.3 Å². The number of nitrogens with one attached hydrogen (secondary N) is 2. The summed E-state index contributed by atoms with van der Waals surface area (Å²) in [4.78, 5) is 12.0. The van der Waals surface area contributed by atoms with Crippen LogP contribution in [0.4, 0.5) is 18.9 Å². The quantitative estimate of drug-likeness (QED) is 0.543. The number of anilines is 1. The van der Waals surface area contributed by atoms with Crippen molar-refractivity contribution < 1.29 is 22.5 Å². The molecule has 8 heteroatoms. The maximum absolute atomic E-state index is 12.7. The molecule has 0 atom stereocenters. The van der Waals surface area contributed by atoms with Crippen LogP contribution in [0.3, 0.4) is 0 Å². The molecule has 1 amide bonds. The maximum Gasteiger partial charge on any atom is 0.416 e. The summed E-state index contributed by atoms with van der Waals surface area (Å²) in [6.45, 7) is 1.07. The highest BCUT2D eigenvalue weighted by Gasteiger charge is 2.30.